The van der Waals surface area contributed by atoms with Crippen LogP contribution in [0.1, 0.15) is 17.3 Å². The molecule has 0 bridgehead atoms. The lowest BCUT2D eigenvalue weighted by Gasteiger charge is -2.35. The molecule has 1 atom stereocenters. The first-order chi connectivity index (χ1) is 9.11. The van der Waals surface area contributed by atoms with E-state index in [1.807, 2.05) is 4.90 Å². The molecule has 0 aliphatic carbocycles. The SMILES string of the molecule is COCC1CN(c2ccc(F)cc2C(C)=O)CCO1. The lowest BCUT2D eigenvalue weighted by atomic mass is 10.1. The summed E-state index contributed by atoms with van der Waals surface area (Å²) in [6.45, 7) is 3.85. The van der Waals surface area contributed by atoms with E-state index in [0.29, 0.717) is 31.9 Å². The molecule has 1 aliphatic rings. The average molecular weight is 267 g/mol. The van der Waals surface area contributed by atoms with Gasteiger partial charge < -0.3 is 14.4 Å². The molecule has 19 heavy (non-hydrogen) atoms. The number of benzene rings is 1. The molecule has 0 saturated carbocycles. The quantitative estimate of drug-likeness (QED) is 0.781. The molecule has 1 aliphatic heterocycles. The van der Waals surface area contributed by atoms with Crippen LogP contribution in [0.5, 0.6) is 0 Å². The minimum atomic E-state index is -0.393. The Hall–Kier alpha value is -1.46. The van der Waals surface area contributed by atoms with E-state index in [1.54, 1.807) is 13.2 Å². The van der Waals surface area contributed by atoms with Crippen molar-refractivity contribution in [1.82, 2.24) is 0 Å². The Bertz CT molecular complexity index is 462. The van der Waals surface area contributed by atoms with Crippen LogP contribution in [0.3, 0.4) is 0 Å². The highest BCUT2D eigenvalue weighted by atomic mass is 19.1. The van der Waals surface area contributed by atoms with E-state index in [9.17, 15) is 9.18 Å². The van der Waals surface area contributed by atoms with E-state index in [-0.39, 0.29) is 11.9 Å². The predicted molar refractivity (Wildman–Crippen MR) is 70.2 cm³/mol. The van der Waals surface area contributed by atoms with E-state index in [4.69, 9.17) is 9.47 Å². The Balaban J connectivity index is 2.23. The van der Waals surface area contributed by atoms with E-state index < -0.39 is 5.82 Å². The van der Waals surface area contributed by atoms with Gasteiger partial charge in [0.15, 0.2) is 5.78 Å². The zero-order valence-corrected chi connectivity index (χ0v) is 11.2. The number of ether oxygens (including phenoxy) is 2. The fraction of sp³-hybridized carbons (Fsp3) is 0.500. The third-order valence-electron chi connectivity index (χ3n) is 3.17. The highest BCUT2D eigenvalue weighted by Crippen LogP contribution is 2.24. The summed E-state index contributed by atoms with van der Waals surface area (Å²) >= 11 is 0. The Labute approximate surface area is 112 Å². The van der Waals surface area contributed by atoms with Crippen molar-refractivity contribution in [3.63, 3.8) is 0 Å². The topological polar surface area (TPSA) is 38.8 Å². The number of nitrogens with zero attached hydrogens (tertiary/aromatic N) is 1. The first kappa shape index (κ1) is 14.0. The van der Waals surface area contributed by atoms with Gasteiger partial charge in [0, 0.05) is 31.5 Å². The van der Waals surface area contributed by atoms with E-state index >= 15 is 0 Å². The van der Waals surface area contributed by atoms with E-state index in [0.717, 1.165) is 5.69 Å². The fourth-order valence-electron chi connectivity index (χ4n) is 2.29. The summed E-state index contributed by atoms with van der Waals surface area (Å²) < 4.78 is 23.9. The second kappa shape index (κ2) is 6.12. The molecule has 1 aromatic carbocycles. The maximum Gasteiger partial charge on any atom is 0.161 e. The molecule has 1 aromatic rings. The first-order valence-corrected chi connectivity index (χ1v) is 6.27. The van der Waals surface area contributed by atoms with Crippen molar-refractivity contribution in [2.24, 2.45) is 0 Å². The maximum absolute atomic E-state index is 13.3. The fourth-order valence-corrected chi connectivity index (χ4v) is 2.29. The lowest BCUT2D eigenvalue weighted by molar-refractivity contribution is -0.0100. The number of anilines is 1. The van der Waals surface area contributed by atoms with Crippen molar-refractivity contribution in [2.75, 3.05) is 38.3 Å². The van der Waals surface area contributed by atoms with Gasteiger partial charge in [0.1, 0.15) is 5.82 Å². The smallest absolute Gasteiger partial charge is 0.161 e. The largest absolute Gasteiger partial charge is 0.382 e. The van der Waals surface area contributed by atoms with Gasteiger partial charge in [-0.05, 0) is 25.1 Å². The maximum atomic E-state index is 13.3. The first-order valence-electron chi connectivity index (χ1n) is 6.27. The highest BCUT2D eigenvalue weighted by Gasteiger charge is 2.23. The Morgan fingerprint density at radius 3 is 3.05 bits per heavy atom. The molecule has 1 heterocycles. The molecule has 5 heteroatoms. The Morgan fingerprint density at radius 2 is 2.37 bits per heavy atom. The van der Waals surface area contributed by atoms with Gasteiger partial charge in [-0.2, -0.15) is 0 Å². The third kappa shape index (κ3) is 3.30. The molecule has 104 valence electrons. The molecule has 0 amide bonds. The van der Waals surface area contributed by atoms with Crippen LogP contribution in [-0.2, 0) is 9.47 Å². The van der Waals surface area contributed by atoms with Crippen LogP contribution in [-0.4, -0.2) is 45.3 Å². The number of hydrogen-bond acceptors (Lipinski definition) is 4. The van der Waals surface area contributed by atoms with E-state index in [1.165, 1.54) is 19.1 Å². The van der Waals surface area contributed by atoms with Crippen LogP contribution in [0.2, 0.25) is 0 Å². The lowest BCUT2D eigenvalue weighted by Crippen LogP contribution is -2.44. The summed E-state index contributed by atoms with van der Waals surface area (Å²) in [5.74, 6) is -0.528. The average Bonchev–Trinajstić information content (AvgIpc) is 2.39. The molecule has 0 radical (unpaired) electrons. The van der Waals surface area contributed by atoms with Crippen molar-refractivity contribution in [3.8, 4) is 0 Å². The number of ketones is 1. The summed E-state index contributed by atoms with van der Waals surface area (Å²) in [5.41, 5.74) is 1.18. The van der Waals surface area contributed by atoms with Gasteiger partial charge in [-0.1, -0.05) is 0 Å². The zero-order valence-electron chi connectivity index (χ0n) is 11.2. The van der Waals surface area contributed by atoms with Gasteiger partial charge in [-0.15, -0.1) is 0 Å². The van der Waals surface area contributed by atoms with Crippen LogP contribution in [0, 0.1) is 5.82 Å². The molecule has 1 unspecified atom stereocenters. The molecule has 1 fully saturated rings. The van der Waals surface area contributed by atoms with Gasteiger partial charge in [-0.3, -0.25) is 4.79 Å². The van der Waals surface area contributed by atoms with Crippen molar-refractivity contribution in [2.45, 2.75) is 13.0 Å². The minimum Gasteiger partial charge on any atom is -0.382 e. The number of Topliss-reactive ketones (excluding diaryl/α,β-unsaturated/α-hetero) is 1. The molecular weight excluding hydrogens is 249 g/mol. The van der Waals surface area contributed by atoms with Crippen molar-refractivity contribution in [3.05, 3.63) is 29.6 Å². The molecular formula is C14H18FNO3. The number of carbonyl (C=O) groups excluding carboxylic acids is 1. The monoisotopic (exact) mass is 267 g/mol. The number of morpholine rings is 1. The second-order valence-corrected chi connectivity index (χ2v) is 4.61. The molecule has 1 saturated heterocycles. The zero-order chi connectivity index (χ0) is 13.8. The van der Waals surface area contributed by atoms with Gasteiger partial charge in [0.25, 0.3) is 0 Å². The minimum absolute atomic E-state index is 0.0244. The number of rotatable bonds is 4. The second-order valence-electron chi connectivity index (χ2n) is 4.61. The van der Waals surface area contributed by atoms with Crippen molar-refractivity contribution in [1.29, 1.82) is 0 Å². The standard InChI is InChI=1S/C14H18FNO3/c1-10(17)13-7-11(15)3-4-14(13)16-5-6-19-12(8-16)9-18-2/h3-4,7,12H,5-6,8-9H2,1-2H3. The predicted octanol–water partition coefficient (Wildman–Crippen LogP) is 1.88. The van der Waals surface area contributed by atoms with Crippen molar-refractivity contribution >= 4 is 11.5 Å². The van der Waals surface area contributed by atoms with Crippen molar-refractivity contribution < 1.29 is 18.7 Å². The number of halogens is 1. The molecule has 0 N–H and O–H groups in total. The number of hydrogen-bond donors (Lipinski definition) is 0. The summed E-state index contributed by atoms with van der Waals surface area (Å²) in [5, 5.41) is 0. The van der Waals surface area contributed by atoms with Crippen LogP contribution < -0.4 is 4.90 Å². The van der Waals surface area contributed by atoms with Crippen LogP contribution in [0.4, 0.5) is 10.1 Å². The number of carbonyl (C=O) groups is 1. The van der Waals surface area contributed by atoms with Crippen LogP contribution in [0.25, 0.3) is 0 Å². The van der Waals surface area contributed by atoms with Crippen LogP contribution in [0.15, 0.2) is 18.2 Å². The third-order valence-corrected chi connectivity index (χ3v) is 3.17. The van der Waals surface area contributed by atoms with Gasteiger partial charge in [0.2, 0.25) is 0 Å². The van der Waals surface area contributed by atoms with Gasteiger partial charge >= 0.3 is 0 Å². The van der Waals surface area contributed by atoms with E-state index in [2.05, 4.69) is 0 Å². The summed E-state index contributed by atoms with van der Waals surface area (Å²) in [6, 6.07) is 4.32. The molecule has 0 spiro atoms. The van der Waals surface area contributed by atoms with Crippen LogP contribution >= 0.6 is 0 Å². The van der Waals surface area contributed by atoms with Gasteiger partial charge in [0.05, 0.1) is 19.3 Å². The summed E-state index contributed by atoms with van der Waals surface area (Å²) in [7, 11) is 1.63. The normalized spacial score (nSPS) is 19.5. The number of methoxy groups -OCH3 is 1. The highest BCUT2D eigenvalue weighted by molar-refractivity contribution is 5.99. The molecule has 0 aromatic heterocycles. The van der Waals surface area contributed by atoms with Gasteiger partial charge in [-0.25, -0.2) is 4.39 Å². The molecule has 2 rings (SSSR count). The molecule has 4 nitrogen and oxygen atoms in total. The Morgan fingerprint density at radius 1 is 1.58 bits per heavy atom. The Kier molecular flexibility index (Phi) is 4.50. The summed E-state index contributed by atoms with van der Waals surface area (Å²) in [6.07, 6.45) is -0.0244. The summed E-state index contributed by atoms with van der Waals surface area (Å²) in [4.78, 5) is 13.7.